The van der Waals surface area contributed by atoms with E-state index in [-0.39, 0.29) is 24.6 Å². The number of rotatable bonds is 9. The summed E-state index contributed by atoms with van der Waals surface area (Å²) in [4.78, 5) is 15.7. The van der Waals surface area contributed by atoms with Crippen LogP contribution in [0, 0.1) is 6.92 Å². The van der Waals surface area contributed by atoms with Crippen LogP contribution in [0.4, 0.5) is 5.69 Å². The van der Waals surface area contributed by atoms with Crippen LogP contribution in [0.1, 0.15) is 24.5 Å². The molecule has 3 rings (SSSR count). The highest BCUT2D eigenvalue weighted by atomic mass is 35.5. The zero-order valence-electron chi connectivity index (χ0n) is 17.5. The van der Waals surface area contributed by atoms with Crippen LogP contribution in [0.15, 0.2) is 47.4 Å². The molecule has 2 aromatic rings. The van der Waals surface area contributed by atoms with E-state index in [9.17, 15) is 9.90 Å². The highest BCUT2D eigenvalue weighted by molar-refractivity contribution is 8.05. The number of nitrogens with one attached hydrogen (secondary N) is 1. The first-order valence-corrected chi connectivity index (χ1v) is 11.4. The van der Waals surface area contributed by atoms with Gasteiger partial charge in [-0.2, -0.15) is 0 Å². The molecule has 1 aliphatic heterocycles. The second-order valence-corrected chi connectivity index (χ2v) is 8.76. The molecule has 31 heavy (non-hydrogen) atoms. The lowest BCUT2D eigenvalue weighted by molar-refractivity contribution is -0.114. The Labute approximate surface area is 191 Å². The number of carbonyl (C=O) groups is 1. The van der Waals surface area contributed by atoms with Crippen molar-refractivity contribution in [2.75, 3.05) is 24.7 Å². The largest absolute Gasteiger partial charge is 0.489 e. The van der Waals surface area contributed by atoms with Gasteiger partial charge in [-0.3, -0.25) is 15.0 Å². The van der Waals surface area contributed by atoms with Crippen LogP contribution < -0.4 is 15.0 Å². The maximum absolute atomic E-state index is 13.3. The number of aliphatic hydroxyl groups is 2. The fourth-order valence-electron chi connectivity index (χ4n) is 3.13. The van der Waals surface area contributed by atoms with Gasteiger partial charge < -0.3 is 14.9 Å². The van der Waals surface area contributed by atoms with Crippen molar-refractivity contribution in [3.8, 4) is 5.75 Å². The third kappa shape index (κ3) is 5.81. The Morgan fingerprint density at radius 1 is 1.32 bits per heavy atom. The molecule has 6 nitrogen and oxygen atoms in total. The minimum atomic E-state index is -0.967. The molecule has 1 saturated heterocycles. The van der Waals surface area contributed by atoms with Gasteiger partial charge in [-0.25, -0.2) is 0 Å². The van der Waals surface area contributed by atoms with Crippen LogP contribution in [0.5, 0.6) is 5.75 Å². The third-order valence-electron chi connectivity index (χ3n) is 4.74. The Morgan fingerprint density at radius 2 is 2.10 bits per heavy atom. The van der Waals surface area contributed by atoms with Gasteiger partial charge in [-0.05, 0) is 55.3 Å². The minimum absolute atomic E-state index is 0.0544. The molecule has 1 unspecified atom stereocenters. The molecule has 3 N–H and O–H groups in total. The number of thioether (sulfide) groups is 1. The van der Waals surface area contributed by atoms with Crippen molar-refractivity contribution in [1.82, 2.24) is 5.32 Å². The number of hydrogen-bond donors (Lipinski definition) is 3. The second kappa shape index (κ2) is 11.0. The number of ether oxygens (including phenoxy) is 1. The van der Waals surface area contributed by atoms with Crippen molar-refractivity contribution in [2.24, 2.45) is 0 Å². The summed E-state index contributed by atoms with van der Waals surface area (Å²) in [5.41, 5.74) is 2.52. The number of aliphatic hydroxyl groups excluding tert-OH is 2. The van der Waals surface area contributed by atoms with Gasteiger partial charge in [0.1, 0.15) is 24.0 Å². The SMILES string of the molecule is CCCNC1S/C(=C\c2ccc(OC[C@H](O)CO)c(Cl)c2)C(=O)N1c1ccccc1C. The van der Waals surface area contributed by atoms with Crippen LogP contribution in [0.3, 0.4) is 0 Å². The highest BCUT2D eigenvalue weighted by Crippen LogP contribution is 2.39. The molecule has 1 fully saturated rings. The highest BCUT2D eigenvalue weighted by Gasteiger charge is 2.37. The van der Waals surface area contributed by atoms with Crippen molar-refractivity contribution in [3.63, 3.8) is 0 Å². The lowest BCUT2D eigenvalue weighted by atomic mass is 10.1. The molecule has 1 heterocycles. The molecule has 0 saturated carbocycles. The number of carbonyl (C=O) groups excluding carboxylic acids is 1. The van der Waals surface area contributed by atoms with Crippen LogP contribution in [-0.2, 0) is 4.79 Å². The van der Waals surface area contributed by atoms with Crippen molar-refractivity contribution in [2.45, 2.75) is 31.9 Å². The van der Waals surface area contributed by atoms with E-state index in [1.54, 1.807) is 23.1 Å². The van der Waals surface area contributed by atoms with Crippen LogP contribution in [0.2, 0.25) is 5.02 Å². The smallest absolute Gasteiger partial charge is 0.266 e. The first kappa shape index (κ1) is 23.6. The molecule has 166 valence electrons. The molecular weight excluding hydrogens is 436 g/mol. The standard InChI is InChI=1S/C23H27ClN2O4S/c1-3-10-25-23-26(19-7-5-4-6-15(19)2)22(29)21(31-23)12-16-8-9-20(18(24)11-16)30-14-17(28)13-27/h4-9,11-12,17,23,25,27-28H,3,10,13-14H2,1-2H3/b21-12-/t17-,23?/m1/s1. The second-order valence-electron chi connectivity index (χ2n) is 7.23. The Balaban J connectivity index is 1.84. The van der Waals surface area contributed by atoms with E-state index < -0.39 is 6.10 Å². The van der Waals surface area contributed by atoms with Gasteiger partial charge in [0.15, 0.2) is 0 Å². The lowest BCUT2D eigenvalue weighted by Gasteiger charge is -2.25. The van der Waals surface area contributed by atoms with E-state index in [2.05, 4.69) is 12.2 Å². The number of nitrogens with zero attached hydrogens (tertiary/aromatic N) is 1. The molecule has 0 bridgehead atoms. The van der Waals surface area contributed by atoms with Gasteiger partial charge in [-0.1, -0.05) is 54.6 Å². The van der Waals surface area contributed by atoms with Gasteiger partial charge in [0, 0.05) is 5.69 Å². The summed E-state index contributed by atoms with van der Waals surface area (Å²) in [7, 11) is 0. The minimum Gasteiger partial charge on any atom is -0.489 e. The van der Waals surface area contributed by atoms with E-state index in [0.717, 1.165) is 29.8 Å². The topological polar surface area (TPSA) is 82.0 Å². The number of para-hydroxylation sites is 1. The summed E-state index contributed by atoms with van der Waals surface area (Å²) in [6.45, 7) is 4.46. The summed E-state index contributed by atoms with van der Waals surface area (Å²) in [6, 6.07) is 13.1. The van der Waals surface area contributed by atoms with Gasteiger partial charge >= 0.3 is 0 Å². The first-order valence-electron chi connectivity index (χ1n) is 10.2. The van der Waals surface area contributed by atoms with Crippen LogP contribution in [0.25, 0.3) is 6.08 Å². The average molecular weight is 463 g/mol. The number of aryl methyl sites for hydroxylation is 1. The Bertz CT molecular complexity index is 953. The van der Waals surface area contributed by atoms with Crippen LogP contribution in [-0.4, -0.2) is 47.5 Å². The molecular formula is C23H27ClN2O4S. The average Bonchev–Trinajstić information content (AvgIpc) is 3.06. The Hall–Kier alpha value is -2.03. The van der Waals surface area contributed by atoms with Crippen molar-refractivity contribution < 1.29 is 19.7 Å². The quantitative estimate of drug-likeness (QED) is 0.492. The summed E-state index contributed by atoms with van der Waals surface area (Å²) < 4.78 is 5.43. The number of benzene rings is 2. The molecule has 2 aromatic carbocycles. The predicted molar refractivity (Wildman–Crippen MR) is 126 cm³/mol. The summed E-state index contributed by atoms with van der Waals surface area (Å²) in [5.74, 6) is 0.348. The molecule has 0 spiro atoms. The molecule has 1 amide bonds. The fourth-order valence-corrected chi connectivity index (χ4v) is 4.53. The monoisotopic (exact) mass is 462 g/mol. The van der Waals surface area contributed by atoms with E-state index in [4.69, 9.17) is 21.4 Å². The van der Waals surface area contributed by atoms with Crippen molar-refractivity contribution in [3.05, 3.63) is 63.5 Å². The van der Waals surface area contributed by atoms with Gasteiger partial charge in [-0.15, -0.1) is 0 Å². The molecule has 1 aliphatic rings. The molecule has 0 aromatic heterocycles. The number of amides is 1. The Morgan fingerprint density at radius 3 is 2.77 bits per heavy atom. The van der Waals surface area contributed by atoms with E-state index in [0.29, 0.717) is 15.7 Å². The van der Waals surface area contributed by atoms with E-state index in [1.165, 1.54) is 11.8 Å². The predicted octanol–water partition coefficient (Wildman–Crippen LogP) is 3.78. The van der Waals surface area contributed by atoms with Gasteiger partial charge in [0.25, 0.3) is 5.91 Å². The summed E-state index contributed by atoms with van der Waals surface area (Å²) >= 11 is 7.79. The van der Waals surface area contributed by atoms with E-state index >= 15 is 0 Å². The zero-order chi connectivity index (χ0) is 22.4. The third-order valence-corrected chi connectivity index (χ3v) is 6.18. The first-order chi connectivity index (χ1) is 14.9. The normalized spacial score (nSPS) is 18.6. The van der Waals surface area contributed by atoms with Crippen molar-refractivity contribution in [1.29, 1.82) is 0 Å². The fraction of sp³-hybridized carbons (Fsp3) is 0.348. The summed E-state index contributed by atoms with van der Waals surface area (Å²) in [5, 5.41) is 22.1. The zero-order valence-corrected chi connectivity index (χ0v) is 19.1. The number of halogens is 1. The van der Waals surface area contributed by atoms with Crippen molar-refractivity contribution >= 4 is 41.0 Å². The maximum atomic E-state index is 13.3. The summed E-state index contributed by atoms with van der Waals surface area (Å²) in [6.07, 6.45) is 1.82. The van der Waals surface area contributed by atoms with Crippen LogP contribution >= 0.6 is 23.4 Å². The maximum Gasteiger partial charge on any atom is 0.266 e. The molecule has 8 heteroatoms. The molecule has 0 aliphatic carbocycles. The lowest BCUT2D eigenvalue weighted by Crippen LogP contribution is -2.42. The van der Waals surface area contributed by atoms with E-state index in [1.807, 2.05) is 37.3 Å². The number of hydrogen-bond acceptors (Lipinski definition) is 6. The molecule has 0 radical (unpaired) electrons. The Kier molecular flexibility index (Phi) is 8.40. The van der Waals surface area contributed by atoms with Gasteiger partial charge in [0.2, 0.25) is 0 Å². The van der Waals surface area contributed by atoms with Gasteiger partial charge in [0.05, 0.1) is 16.5 Å². The number of anilines is 1. The molecule has 2 atom stereocenters.